The summed E-state index contributed by atoms with van der Waals surface area (Å²) < 4.78 is 7.47. The number of aliphatic hydroxyl groups excluding tert-OH is 1. The van der Waals surface area contributed by atoms with Crippen LogP contribution in [0.15, 0.2) is 11.1 Å². The van der Waals surface area contributed by atoms with Gasteiger partial charge in [-0.1, -0.05) is 27.7 Å². The normalized spacial score (nSPS) is 26.5. The molecule has 3 heterocycles. The molecule has 136 valence electrons. The molecular formula is C16H23N5O4. The van der Waals surface area contributed by atoms with E-state index < -0.39 is 17.9 Å². The van der Waals surface area contributed by atoms with E-state index in [9.17, 15) is 14.7 Å². The summed E-state index contributed by atoms with van der Waals surface area (Å²) in [6.07, 6.45) is 0.703. The van der Waals surface area contributed by atoms with Gasteiger partial charge in [0, 0.05) is 11.8 Å². The number of rotatable bonds is 4. The average Bonchev–Trinajstić information content (AvgIpc) is 3.10. The molecule has 3 rings (SSSR count). The topological polar surface area (TPSA) is 122 Å². The van der Waals surface area contributed by atoms with Crippen molar-refractivity contribution < 1.29 is 14.6 Å². The molecule has 2 aromatic rings. The van der Waals surface area contributed by atoms with Crippen LogP contribution in [0.5, 0.6) is 0 Å². The maximum atomic E-state index is 12.2. The number of ether oxygens (including phenoxy) is 1. The second-order valence-electron chi connectivity index (χ2n) is 6.71. The van der Waals surface area contributed by atoms with Gasteiger partial charge in [0.15, 0.2) is 17.4 Å². The number of nitrogens with zero attached hydrogens (tertiary/aromatic N) is 3. The first-order valence-electron chi connectivity index (χ1n) is 8.44. The Kier molecular flexibility index (Phi) is 4.61. The number of amides is 1. The van der Waals surface area contributed by atoms with Crippen molar-refractivity contribution in [1.82, 2.24) is 19.5 Å². The van der Waals surface area contributed by atoms with Crippen LogP contribution in [0.2, 0.25) is 0 Å². The Bertz CT molecular complexity index is 843. The van der Waals surface area contributed by atoms with Crippen LogP contribution in [0.1, 0.15) is 40.3 Å². The lowest BCUT2D eigenvalue weighted by Crippen LogP contribution is -2.25. The Morgan fingerprint density at radius 2 is 2.24 bits per heavy atom. The molecule has 0 aromatic carbocycles. The predicted molar refractivity (Wildman–Crippen MR) is 91.0 cm³/mol. The third kappa shape index (κ3) is 3.05. The van der Waals surface area contributed by atoms with E-state index in [0.717, 1.165) is 6.42 Å². The molecule has 1 aliphatic rings. The summed E-state index contributed by atoms with van der Waals surface area (Å²) in [6, 6.07) is 0. The first-order chi connectivity index (χ1) is 11.8. The molecule has 0 saturated carbocycles. The molecule has 4 atom stereocenters. The highest BCUT2D eigenvalue weighted by molar-refractivity contribution is 5.91. The fourth-order valence-corrected chi connectivity index (χ4v) is 2.99. The quantitative estimate of drug-likeness (QED) is 0.757. The predicted octanol–water partition coefficient (Wildman–Crippen LogP) is 1.02. The van der Waals surface area contributed by atoms with Crippen LogP contribution in [0, 0.1) is 11.8 Å². The maximum absolute atomic E-state index is 12.2. The number of aliphatic hydroxyl groups is 1. The molecule has 0 unspecified atom stereocenters. The van der Waals surface area contributed by atoms with Crippen molar-refractivity contribution in [3.05, 3.63) is 16.7 Å². The van der Waals surface area contributed by atoms with E-state index >= 15 is 0 Å². The fraction of sp³-hybridized carbons (Fsp3) is 0.625. The third-order valence-electron chi connectivity index (χ3n) is 4.61. The van der Waals surface area contributed by atoms with Crippen LogP contribution in [0.4, 0.5) is 5.95 Å². The molecule has 1 saturated heterocycles. The Morgan fingerprint density at radius 3 is 2.84 bits per heavy atom. The van der Waals surface area contributed by atoms with Crippen molar-refractivity contribution in [3.8, 4) is 0 Å². The number of fused-ring (bicyclic) bond motifs is 1. The lowest BCUT2D eigenvalue weighted by atomic mass is 9.99. The maximum Gasteiger partial charge on any atom is 0.280 e. The SMILES string of the molecule is CC[C@H]1O[C@@H](n2cnc3c(=O)[nH]c(NC(=O)C(C)C)nc32)[C@@H](O)[C@@H]1C. The minimum Gasteiger partial charge on any atom is -0.388 e. The molecule has 3 N–H and O–H groups in total. The molecular weight excluding hydrogens is 326 g/mol. The van der Waals surface area contributed by atoms with E-state index in [1.807, 2.05) is 13.8 Å². The summed E-state index contributed by atoms with van der Waals surface area (Å²) in [5, 5.41) is 13.1. The molecule has 0 aliphatic carbocycles. The van der Waals surface area contributed by atoms with Crippen LogP contribution >= 0.6 is 0 Å². The molecule has 0 bridgehead atoms. The third-order valence-corrected chi connectivity index (χ3v) is 4.61. The highest BCUT2D eigenvalue weighted by Gasteiger charge is 2.41. The van der Waals surface area contributed by atoms with Crippen LogP contribution < -0.4 is 10.9 Å². The Balaban J connectivity index is 2.01. The van der Waals surface area contributed by atoms with Crippen molar-refractivity contribution in [3.63, 3.8) is 0 Å². The number of hydrogen-bond donors (Lipinski definition) is 3. The highest BCUT2D eigenvalue weighted by atomic mass is 16.5. The van der Waals surface area contributed by atoms with Crippen LogP contribution in [0.25, 0.3) is 11.2 Å². The van der Waals surface area contributed by atoms with Gasteiger partial charge in [0.25, 0.3) is 5.56 Å². The molecule has 9 heteroatoms. The molecule has 0 spiro atoms. The zero-order chi connectivity index (χ0) is 18.3. The zero-order valence-electron chi connectivity index (χ0n) is 14.7. The molecule has 9 nitrogen and oxygen atoms in total. The standard InChI is InChI=1S/C16H23N5O4/c1-5-9-8(4)11(22)15(25-9)21-6-17-10-12(21)18-16(20-14(10)24)19-13(23)7(2)3/h6-9,11,15,22H,5H2,1-4H3,(H2,18,19,20,23,24)/t8-,9-,11+,15-/m1/s1. The largest absolute Gasteiger partial charge is 0.388 e. The minimum atomic E-state index is -0.739. The van der Waals surface area contributed by atoms with Gasteiger partial charge in [-0.15, -0.1) is 0 Å². The van der Waals surface area contributed by atoms with E-state index in [0.29, 0.717) is 0 Å². The molecule has 25 heavy (non-hydrogen) atoms. The summed E-state index contributed by atoms with van der Waals surface area (Å²) >= 11 is 0. The van der Waals surface area contributed by atoms with Gasteiger partial charge in [-0.05, 0) is 6.42 Å². The van der Waals surface area contributed by atoms with E-state index in [-0.39, 0.29) is 41.0 Å². The van der Waals surface area contributed by atoms with Crippen LogP contribution in [-0.2, 0) is 9.53 Å². The van der Waals surface area contributed by atoms with E-state index in [1.54, 1.807) is 18.4 Å². The summed E-state index contributed by atoms with van der Waals surface area (Å²) in [6.45, 7) is 7.40. The first kappa shape index (κ1) is 17.6. The number of imidazole rings is 1. The lowest BCUT2D eigenvalue weighted by molar-refractivity contribution is -0.118. The number of nitrogens with one attached hydrogen (secondary N) is 2. The van der Waals surface area contributed by atoms with Crippen molar-refractivity contribution in [2.24, 2.45) is 11.8 Å². The second-order valence-corrected chi connectivity index (χ2v) is 6.71. The second kappa shape index (κ2) is 6.57. The van der Waals surface area contributed by atoms with Gasteiger partial charge >= 0.3 is 0 Å². The van der Waals surface area contributed by atoms with Gasteiger partial charge in [-0.2, -0.15) is 4.98 Å². The number of hydrogen-bond acceptors (Lipinski definition) is 6. The lowest BCUT2D eigenvalue weighted by Gasteiger charge is -2.17. The summed E-state index contributed by atoms with van der Waals surface area (Å²) in [5.41, 5.74) is -0.0721. The first-order valence-corrected chi connectivity index (χ1v) is 8.44. The highest BCUT2D eigenvalue weighted by Crippen LogP contribution is 2.36. The molecule has 1 aliphatic heterocycles. The number of aromatic amines is 1. The van der Waals surface area contributed by atoms with Gasteiger partial charge in [0.2, 0.25) is 11.9 Å². The number of carbonyl (C=O) groups excluding carboxylic acids is 1. The van der Waals surface area contributed by atoms with E-state index in [4.69, 9.17) is 4.74 Å². The van der Waals surface area contributed by atoms with Gasteiger partial charge in [0.1, 0.15) is 6.10 Å². The van der Waals surface area contributed by atoms with Gasteiger partial charge in [0.05, 0.1) is 12.4 Å². The Morgan fingerprint density at radius 1 is 1.52 bits per heavy atom. The average molecular weight is 349 g/mol. The van der Waals surface area contributed by atoms with Crippen molar-refractivity contribution in [2.45, 2.75) is 52.6 Å². The van der Waals surface area contributed by atoms with Gasteiger partial charge in [-0.3, -0.25) is 24.5 Å². The van der Waals surface area contributed by atoms with Gasteiger partial charge in [-0.25, -0.2) is 4.98 Å². The molecule has 2 aromatic heterocycles. The number of carbonyl (C=O) groups is 1. The summed E-state index contributed by atoms with van der Waals surface area (Å²) in [5.74, 6) is -0.512. The molecule has 0 radical (unpaired) electrons. The smallest absolute Gasteiger partial charge is 0.280 e. The molecule has 1 amide bonds. The monoisotopic (exact) mass is 349 g/mol. The minimum absolute atomic E-state index is 0.0467. The number of aromatic nitrogens is 4. The van der Waals surface area contributed by atoms with Crippen LogP contribution in [0.3, 0.4) is 0 Å². The number of anilines is 1. The summed E-state index contributed by atoms with van der Waals surface area (Å²) in [7, 11) is 0. The fourth-order valence-electron chi connectivity index (χ4n) is 2.99. The number of H-pyrrole nitrogens is 1. The summed E-state index contributed by atoms with van der Waals surface area (Å²) in [4.78, 5) is 35.0. The van der Waals surface area contributed by atoms with Crippen molar-refractivity contribution >= 4 is 23.0 Å². The Labute approximate surface area is 144 Å². The van der Waals surface area contributed by atoms with Crippen molar-refractivity contribution in [1.29, 1.82) is 0 Å². The molecule has 1 fully saturated rings. The zero-order valence-corrected chi connectivity index (χ0v) is 14.7. The van der Waals surface area contributed by atoms with Crippen molar-refractivity contribution in [2.75, 3.05) is 5.32 Å². The Hall–Kier alpha value is -2.26. The van der Waals surface area contributed by atoms with Gasteiger partial charge < -0.3 is 9.84 Å². The van der Waals surface area contributed by atoms with Crippen LogP contribution in [-0.4, -0.2) is 42.7 Å². The van der Waals surface area contributed by atoms with E-state index in [2.05, 4.69) is 20.3 Å². The van der Waals surface area contributed by atoms with E-state index in [1.165, 1.54) is 6.33 Å².